The van der Waals surface area contributed by atoms with Crippen molar-refractivity contribution in [3.63, 3.8) is 0 Å². The monoisotopic (exact) mass is 284 g/mol. The van der Waals surface area contributed by atoms with Crippen LogP contribution < -0.4 is 0 Å². The summed E-state index contributed by atoms with van der Waals surface area (Å²) in [5.74, 6) is 0. The highest BCUT2D eigenvalue weighted by Crippen LogP contribution is 2.30. The fourth-order valence-electron chi connectivity index (χ4n) is 2.17. The lowest BCUT2D eigenvalue weighted by molar-refractivity contribution is -0.137. The average Bonchev–Trinajstić information content (AvgIpc) is 2.39. The predicted molar refractivity (Wildman–Crippen MR) is 72.0 cm³/mol. The zero-order chi connectivity index (χ0) is 15.2. The number of rotatable bonds is 6. The first kappa shape index (κ1) is 16.5. The van der Waals surface area contributed by atoms with Gasteiger partial charge in [0, 0.05) is 0 Å². The summed E-state index contributed by atoms with van der Waals surface area (Å²) in [6, 6.07) is 6.57. The van der Waals surface area contributed by atoms with Crippen LogP contribution in [0.5, 0.6) is 0 Å². The minimum Gasteiger partial charge on any atom is -0.284 e. The number of benzene rings is 1. The second kappa shape index (κ2) is 7.30. The summed E-state index contributed by atoms with van der Waals surface area (Å²) in [7, 11) is 0. The number of alkyl halides is 3. The van der Waals surface area contributed by atoms with Crippen molar-refractivity contribution in [2.24, 2.45) is 0 Å². The van der Waals surface area contributed by atoms with Crippen LogP contribution in [0.3, 0.4) is 0 Å². The number of nitriles is 1. The van der Waals surface area contributed by atoms with Gasteiger partial charge >= 0.3 is 6.18 Å². The molecule has 1 atom stereocenters. The Bertz CT molecular complexity index is 440. The lowest BCUT2D eigenvalue weighted by atomic mass is 10.0. The number of nitrogens with zero attached hydrogens (tertiary/aromatic N) is 2. The molecule has 1 aromatic carbocycles. The third-order valence-electron chi connectivity index (χ3n) is 3.06. The van der Waals surface area contributed by atoms with Crippen molar-refractivity contribution < 1.29 is 13.2 Å². The molecule has 0 radical (unpaired) electrons. The standard InChI is InChI=1S/C15H19F3N2/c1-3-9-20(10-4-2)14(11-19)12-5-7-13(8-6-12)15(16,17)18/h5-8,14H,3-4,9-10H2,1-2H3. The van der Waals surface area contributed by atoms with Crippen LogP contribution in [-0.2, 0) is 6.18 Å². The summed E-state index contributed by atoms with van der Waals surface area (Å²) in [6.07, 6.45) is -2.54. The second-order valence-corrected chi connectivity index (χ2v) is 4.69. The van der Waals surface area contributed by atoms with E-state index in [1.807, 2.05) is 18.7 Å². The lowest BCUT2D eigenvalue weighted by Gasteiger charge is -2.26. The molecule has 0 aromatic heterocycles. The first-order chi connectivity index (χ1) is 9.43. The van der Waals surface area contributed by atoms with Gasteiger partial charge in [-0.3, -0.25) is 4.90 Å². The number of hydrogen-bond acceptors (Lipinski definition) is 2. The van der Waals surface area contributed by atoms with E-state index in [1.165, 1.54) is 12.1 Å². The van der Waals surface area contributed by atoms with Crippen molar-refractivity contribution >= 4 is 0 Å². The highest BCUT2D eigenvalue weighted by Gasteiger charge is 2.30. The molecule has 0 saturated carbocycles. The van der Waals surface area contributed by atoms with E-state index < -0.39 is 17.8 Å². The van der Waals surface area contributed by atoms with Crippen molar-refractivity contribution in [2.75, 3.05) is 13.1 Å². The Balaban J connectivity index is 2.97. The molecule has 0 aliphatic rings. The SMILES string of the molecule is CCCN(CCC)C(C#N)c1ccc(C(F)(F)F)cc1. The van der Waals surface area contributed by atoms with Gasteiger partial charge in [-0.05, 0) is 43.6 Å². The minimum absolute atomic E-state index is 0.489. The summed E-state index contributed by atoms with van der Waals surface area (Å²) < 4.78 is 37.6. The first-order valence-corrected chi connectivity index (χ1v) is 6.74. The van der Waals surface area contributed by atoms with Crippen LogP contribution in [0, 0.1) is 11.3 Å². The van der Waals surface area contributed by atoms with Crippen molar-refractivity contribution in [1.82, 2.24) is 4.90 Å². The first-order valence-electron chi connectivity index (χ1n) is 6.74. The van der Waals surface area contributed by atoms with Crippen molar-refractivity contribution in [1.29, 1.82) is 5.26 Å². The summed E-state index contributed by atoms with van der Waals surface area (Å²) in [4.78, 5) is 2.00. The maximum Gasteiger partial charge on any atom is 0.416 e. The molecule has 5 heteroatoms. The Kier molecular flexibility index (Phi) is 6.03. The van der Waals surface area contributed by atoms with Gasteiger partial charge in [-0.15, -0.1) is 0 Å². The van der Waals surface area contributed by atoms with Crippen molar-refractivity contribution in [3.8, 4) is 6.07 Å². The normalized spacial score (nSPS) is 13.2. The molecule has 0 aliphatic carbocycles. The van der Waals surface area contributed by atoms with Gasteiger partial charge in [0.1, 0.15) is 6.04 Å². The molecule has 0 fully saturated rings. The Morgan fingerprint density at radius 3 is 1.95 bits per heavy atom. The average molecular weight is 284 g/mol. The molecule has 0 heterocycles. The quantitative estimate of drug-likeness (QED) is 0.774. The highest BCUT2D eigenvalue weighted by atomic mass is 19.4. The van der Waals surface area contributed by atoms with Crippen molar-refractivity contribution in [3.05, 3.63) is 35.4 Å². The molecule has 2 nitrogen and oxygen atoms in total. The summed E-state index contributed by atoms with van der Waals surface area (Å²) >= 11 is 0. The van der Waals surface area contributed by atoms with Gasteiger partial charge in [0.05, 0.1) is 11.6 Å². The van der Waals surface area contributed by atoms with Crippen LogP contribution in [-0.4, -0.2) is 18.0 Å². The van der Waals surface area contributed by atoms with Crippen LogP contribution >= 0.6 is 0 Å². The van der Waals surface area contributed by atoms with Gasteiger partial charge in [0.15, 0.2) is 0 Å². The van der Waals surface area contributed by atoms with E-state index in [0.717, 1.165) is 38.1 Å². The third-order valence-corrected chi connectivity index (χ3v) is 3.06. The molecule has 0 bridgehead atoms. The van der Waals surface area contributed by atoms with E-state index >= 15 is 0 Å². The topological polar surface area (TPSA) is 27.0 Å². The number of hydrogen-bond donors (Lipinski definition) is 0. The predicted octanol–water partition coefficient (Wildman–Crippen LogP) is 4.39. The Labute approximate surface area is 117 Å². The van der Waals surface area contributed by atoms with Gasteiger partial charge in [0.2, 0.25) is 0 Å². The molecule has 0 amide bonds. The smallest absolute Gasteiger partial charge is 0.284 e. The summed E-state index contributed by atoms with van der Waals surface area (Å²) in [5.41, 5.74) is -0.0714. The van der Waals surface area contributed by atoms with Crippen molar-refractivity contribution in [2.45, 2.75) is 38.9 Å². The Hall–Kier alpha value is -1.54. The van der Waals surface area contributed by atoms with Gasteiger partial charge in [-0.25, -0.2) is 0 Å². The molecule has 0 saturated heterocycles. The zero-order valence-corrected chi connectivity index (χ0v) is 11.7. The minimum atomic E-state index is -4.34. The maximum absolute atomic E-state index is 12.5. The molecular formula is C15H19F3N2. The van der Waals surface area contributed by atoms with Crippen LogP contribution in [0.15, 0.2) is 24.3 Å². The van der Waals surface area contributed by atoms with Crippen LogP contribution in [0.2, 0.25) is 0 Å². The molecule has 1 unspecified atom stereocenters. The zero-order valence-electron chi connectivity index (χ0n) is 11.7. The lowest BCUT2D eigenvalue weighted by Crippen LogP contribution is -2.29. The molecule has 0 aliphatic heterocycles. The van der Waals surface area contributed by atoms with E-state index in [-0.39, 0.29) is 0 Å². The van der Waals surface area contributed by atoms with Crippen LogP contribution in [0.4, 0.5) is 13.2 Å². The van der Waals surface area contributed by atoms with Crippen LogP contribution in [0.1, 0.15) is 43.9 Å². The van der Waals surface area contributed by atoms with Gasteiger partial charge in [0.25, 0.3) is 0 Å². The van der Waals surface area contributed by atoms with Crippen LogP contribution in [0.25, 0.3) is 0 Å². The highest BCUT2D eigenvalue weighted by molar-refractivity contribution is 5.29. The Morgan fingerprint density at radius 1 is 1.10 bits per heavy atom. The molecule has 20 heavy (non-hydrogen) atoms. The molecule has 0 spiro atoms. The fraction of sp³-hybridized carbons (Fsp3) is 0.533. The summed E-state index contributed by atoms with van der Waals surface area (Å²) in [6.45, 7) is 5.55. The summed E-state index contributed by atoms with van der Waals surface area (Å²) in [5, 5.41) is 9.32. The van der Waals surface area contributed by atoms with Gasteiger partial charge in [-0.1, -0.05) is 26.0 Å². The van der Waals surface area contributed by atoms with E-state index in [1.54, 1.807) is 0 Å². The van der Waals surface area contributed by atoms with E-state index in [4.69, 9.17) is 0 Å². The fourth-order valence-corrected chi connectivity index (χ4v) is 2.17. The maximum atomic E-state index is 12.5. The van der Waals surface area contributed by atoms with E-state index in [2.05, 4.69) is 6.07 Å². The third kappa shape index (κ3) is 4.24. The molecule has 0 N–H and O–H groups in total. The molecule has 110 valence electrons. The van der Waals surface area contributed by atoms with E-state index in [0.29, 0.717) is 5.56 Å². The largest absolute Gasteiger partial charge is 0.416 e. The molecule has 1 rings (SSSR count). The van der Waals surface area contributed by atoms with Gasteiger partial charge in [-0.2, -0.15) is 18.4 Å². The number of halogens is 3. The Morgan fingerprint density at radius 2 is 1.60 bits per heavy atom. The van der Waals surface area contributed by atoms with E-state index in [9.17, 15) is 18.4 Å². The molecule has 1 aromatic rings. The van der Waals surface area contributed by atoms with Gasteiger partial charge < -0.3 is 0 Å². The molecular weight excluding hydrogens is 265 g/mol. The second-order valence-electron chi connectivity index (χ2n) is 4.69.